The number of ether oxygens (including phenoxy) is 2. The number of benzene rings is 2. The van der Waals surface area contributed by atoms with Crippen molar-refractivity contribution in [3.05, 3.63) is 59.7 Å². The van der Waals surface area contributed by atoms with E-state index in [4.69, 9.17) is 9.47 Å². The molecule has 2 aromatic rings. The highest BCUT2D eigenvalue weighted by Gasteiger charge is 2.38. The molecule has 1 unspecified atom stereocenters. The second-order valence-electron chi connectivity index (χ2n) is 7.76. The molecule has 1 heterocycles. The van der Waals surface area contributed by atoms with Crippen molar-refractivity contribution in [3.8, 4) is 11.5 Å². The highest BCUT2D eigenvalue weighted by atomic mass is 16.7. The fourth-order valence-electron chi connectivity index (χ4n) is 3.12. The van der Waals surface area contributed by atoms with Gasteiger partial charge in [0.15, 0.2) is 11.5 Å². The minimum absolute atomic E-state index is 0.265. The van der Waals surface area contributed by atoms with E-state index in [1.54, 1.807) is 0 Å². The lowest BCUT2D eigenvalue weighted by molar-refractivity contribution is -0.0680. The van der Waals surface area contributed by atoms with Crippen LogP contribution in [0.4, 0.5) is 0 Å². The second kappa shape index (κ2) is 6.51. The number of hydrogen-bond donors (Lipinski definition) is 0. The first kappa shape index (κ1) is 16.9. The average Bonchev–Trinajstić information content (AvgIpc) is 2.92. The second-order valence-corrected chi connectivity index (χ2v) is 7.76. The van der Waals surface area contributed by atoms with Crippen molar-refractivity contribution in [3.63, 3.8) is 0 Å². The summed E-state index contributed by atoms with van der Waals surface area (Å²) in [5.74, 6) is 1.24. The molecule has 24 heavy (non-hydrogen) atoms. The summed E-state index contributed by atoms with van der Waals surface area (Å²) in [4.78, 5) is 0. The summed E-state index contributed by atoms with van der Waals surface area (Å²) in [6.07, 6.45) is 3.93. The molecule has 1 aliphatic heterocycles. The molecular weight excluding hydrogens is 296 g/mol. The maximum Gasteiger partial charge on any atom is 0.249 e. The number of fused-ring (bicyclic) bond motifs is 1. The molecule has 0 saturated heterocycles. The molecular formula is C22H28O2. The van der Waals surface area contributed by atoms with E-state index >= 15 is 0 Å². The Hall–Kier alpha value is -1.96. The molecule has 0 amide bonds. The van der Waals surface area contributed by atoms with Gasteiger partial charge in [-0.1, -0.05) is 69.7 Å². The van der Waals surface area contributed by atoms with Crippen LogP contribution in [-0.4, -0.2) is 5.79 Å². The standard InChI is InChI=1S/C22H28O2/c1-5-21(2,3)16-18-12-9-13-19-20(18)24-22(4,23-19)15-14-17-10-7-6-8-11-17/h6-13H,5,14-16H2,1-4H3. The van der Waals surface area contributed by atoms with Crippen molar-refractivity contribution in [2.75, 3.05) is 0 Å². The van der Waals surface area contributed by atoms with Crippen LogP contribution in [0.5, 0.6) is 11.5 Å². The Morgan fingerprint density at radius 1 is 0.958 bits per heavy atom. The van der Waals surface area contributed by atoms with Crippen LogP contribution in [-0.2, 0) is 12.8 Å². The predicted octanol–water partition coefficient (Wildman–Crippen LogP) is 5.79. The van der Waals surface area contributed by atoms with E-state index in [1.165, 1.54) is 11.1 Å². The first-order chi connectivity index (χ1) is 11.4. The van der Waals surface area contributed by atoms with Crippen molar-refractivity contribution >= 4 is 0 Å². The van der Waals surface area contributed by atoms with E-state index in [1.807, 2.05) is 19.1 Å². The fraction of sp³-hybridized carbons (Fsp3) is 0.455. The molecule has 1 aliphatic rings. The van der Waals surface area contributed by atoms with Gasteiger partial charge in [-0.05, 0) is 35.4 Å². The van der Waals surface area contributed by atoms with Gasteiger partial charge < -0.3 is 9.47 Å². The largest absolute Gasteiger partial charge is 0.449 e. The zero-order valence-electron chi connectivity index (χ0n) is 15.3. The Bertz CT molecular complexity index is 690. The van der Waals surface area contributed by atoms with E-state index in [9.17, 15) is 0 Å². The van der Waals surface area contributed by atoms with Gasteiger partial charge in [0.2, 0.25) is 5.79 Å². The van der Waals surface area contributed by atoms with Crippen LogP contribution in [0.3, 0.4) is 0 Å². The first-order valence-corrected chi connectivity index (χ1v) is 8.95. The maximum absolute atomic E-state index is 6.32. The summed E-state index contributed by atoms with van der Waals surface area (Å²) in [7, 11) is 0. The molecule has 0 spiro atoms. The molecule has 0 N–H and O–H groups in total. The van der Waals surface area contributed by atoms with Gasteiger partial charge in [-0.15, -0.1) is 0 Å². The number of para-hydroxylation sites is 1. The number of hydrogen-bond acceptors (Lipinski definition) is 2. The third kappa shape index (κ3) is 3.75. The van der Waals surface area contributed by atoms with E-state index in [2.05, 4.69) is 57.2 Å². The van der Waals surface area contributed by atoms with Crippen LogP contribution in [0.1, 0.15) is 51.7 Å². The highest BCUT2D eigenvalue weighted by molar-refractivity contribution is 5.49. The lowest BCUT2D eigenvalue weighted by Gasteiger charge is -2.25. The van der Waals surface area contributed by atoms with Crippen LogP contribution < -0.4 is 9.47 Å². The lowest BCUT2D eigenvalue weighted by Crippen LogP contribution is -2.35. The topological polar surface area (TPSA) is 18.5 Å². The molecule has 0 fully saturated rings. The van der Waals surface area contributed by atoms with E-state index < -0.39 is 5.79 Å². The quantitative estimate of drug-likeness (QED) is 0.670. The predicted molar refractivity (Wildman–Crippen MR) is 98.6 cm³/mol. The Morgan fingerprint density at radius 3 is 2.42 bits per heavy atom. The molecule has 0 aromatic heterocycles. The summed E-state index contributed by atoms with van der Waals surface area (Å²) in [5, 5.41) is 0. The van der Waals surface area contributed by atoms with Crippen molar-refractivity contribution in [2.45, 2.75) is 59.2 Å². The van der Waals surface area contributed by atoms with Crippen molar-refractivity contribution < 1.29 is 9.47 Å². The van der Waals surface area contributed by atoms with Crippen molar-refractivity contribution in [1.29, 1.82) is 0 Å². The fourth-order valence-corrected chi connectivity index (χ4v) is 3.12. The smallest absolute Gasteiger partial charge is 0.249 e. The molecule has 0 saturated carbocycles. The number of aryl methyl sites for hydroxylation is 1. The van der Waals surface area contributed by atoms with Crippen LogP contribution in [0.15, 0.2) is 48.5 Å². The molecule has 1 atom stereocenters. The van der Waals surface area contributed by atoms with Crippen LogP contribution >= 0.6 is 0 Å². The molecule has 0 aliphatic carbocycles. The van der Waals surface area contributed by atoms with Crippen molar-refractivity contribution in [2.24, 2.45) is 5.41 Å². The van der Waals surface area contributed by atoms with Crippen molar-refractivity contribution in [1.82, 2.24) is 0 Å². The van der Waals surface area contributed by atoms with Crippen LogP contribution in [0, 0.1) is 5.41 Å². The first-order valence-electron chi connectivity index (χ1n) is 8.95. The van der Waals surface area contributed by atoms with Gasteiger partial charge in [0.05, 0.1) is 0 Å². The van der Waals surface area contributed by atoms with Gasteiger partial charge in [-0.25, -0.2) is 0 Å². The summed E-state index contributed by atoms with van der Waals surface area (Å²) in [6.45, 7) is 8.89. The van der Waals surface area contributed by atoms with E-state index in [0.29, 0.717) is 0 Å². The summed E-state index contributed by atoms with van der Waals surface area (Å²) in [6, 6.07) is 16.8. The SMILES string of the molecule is CCC(C)(C)Cc1cccc2c1OC(C)(CCc1ccccc1)O2. The Labute approximate surface area is 145 Å². The van der Waals surface area contributed by atoms with Gasteiger partial charge >= 0.3 is 0 Å². The lowest BCUT2D eigenvalue weighted by atomic mass is 9.83. The maximum atomic E-state index is 6.32. The molecule has 2 nitrogen and oxygen atoms in total. The molecule has 2 heteroatoms. The summed E-state index contributed by atoms with van der Waals surface area (Å²) >= 11 is 0. The van der Waals surface area contributed by atoms with E-state index in [0.717, 1.165) is 37.2 Å². The Morgan fingerprint density at radius 2 is 1.71 bits per heavy atom. The van der Waals surface area contributed by atoms with Crippen LogP contribution in [0.25, 0.3) is 0 Å². The third-order valence-electron chi connectivity index (χ3n) is 5.04. The van der Waals surface area contributed by atoms with Crippen LogP contribution in [0.2, 0.25) is 0 Å². The molecule has 2 aromatic carbocycles. The zero-order chi connectivity index (χ0) is 17.2. The van der Waals surface area contributed by atoms with Gasteiger partial charge in [0.25, 0.3) is 0 Å². The van der Waals surface area contributed by atoms with Gasteiger partial charge in [-0.2, -0.15) is 0 Å². The van der Waals surface area contributed by atoms with Gasteiger partial charge in [-0.3, -0.25) is 0 Å². The van der Waals surface area contributed by atoms with Gasteiger partial charge in [0.1, 0.15) is 0 Å². The third-order valence-corrected chi connectivity index (χ3v) is 5.04. The normalized spacial score (nSPS) is 19.5. The monoisotopic (exact) mass is 324 g/mol. The Kier molecular flexibility index (Phi) is 4.58. The van der Waals surface area contributed by atoms with E-state index in [-0.39, 0.29) is 5.41 Å². The molecule has 0 bridgehead atoms. The zero-order valence-corrected chi connectivity index (χ0v) is 15.3. The van der Waals surface area contributed by atoms with Gasteiger partial charge in [0, 0.05) is 13.3 Å². The number of rotatable bonds is 6. The average molecular weight is 324 g/mol. The molecule has 3 rings (SSSR count). The Balaban J connectivity index is 1.74. The summed E-state index contributed by atoms with van der Waals surface area (Å²) in [5.41, 5.74) is 2.83. The summed E-state index contributed by atoms with van der Waals surface area (Å²) < 4.78 is 12.5. The molecule has 128 valence electrons. The molecule has 0 radical (unpaired) electrons. The highest BCUT2D eigenvalue weighted by Crippen LogP contribution is 2.45. The minimum Gasteiger partial charge on any atom is -0.449 e. The minimum atomic E-state index is -0.579.